The Labute approximate surface area is 187 Å². The molecule has 5 aromatic rings. The van der Waals surface area contributed by atoms with Gasteiger partial charge in [-0.2, -0.15) is 4.98 Å². The van der Waals surface area contributed by atoms with Gasteiger partial charge < -0.3 is 9.26 Å². The molecule has 0 spiro atoms. The molecule has 0 aliphatic carbocycles. The molecule has 0 saturated heterocycles. The van der Waals surface area contributed by atoms with Crippen molar-refractivity contribution in [1.29, 1.82) is 0 Å². The summed E-state index contributed by atoms with van der Waals surface area (Å²) in [6.07, 6.45) is 1.53. The van der Waals surface area contributed by atoms with Gasteiger partial charge >= 0.3 is 0 Å². The minimum absolute atomic E-state index is 0.134. The molecule has 0 aliphatic rings. The molecule has 0 N–H and O–H groups in total. The second kappa shape index (κ2) is 8.39. The van der Waals surface area contributed by atoms with E-state index in [4.69, 9.17) is 9.26 Å². The molecular formula is C24H20N4O3S. The van der Waals surface area contributed by atoms with Crippen LogP contribution in [0.25, 0.3) is 32.7 Å². The summed E-state index contributed by atoms with van der Waals surface area (Å²) in [7, 11) is 0. The molecule has 5 rings (SSSR count). The largest absolute Gasteiger partial charge is 0.493 e. The number of benzene rings is 2. The fraction of sp³-hybridized carbons (Fsp3) is 0.167. The molecule has 32 heavy (non-hydrogen) atoms. The van der Waals surface area contributed by atoms with Gasteiger partial charge in [-0.05, 0) is 31.5 Å². The highest BCUT2D eigenvalue weighted by molar-refractivity contribution is 7.17. The van der Waals surface area contributed by atoms with Gasteiger partial charge in [-0.15, -0.1) is 11.3 Å². The van der Waals surface area contributed by atoms with Crippen LogP contribution in [0.3, 0.4) is 0 Å². The maximum atomic E-state index is 13.3. The maximum absolute atomic E-state index is 13.3. The lowest BCUT2D eigenvalue weighted by Crippen LogP contribution is -2.21. The third-order valence-corrected chi connectivity index (χ3v) is 6.01. The Morgan fingerprint density at radius 1 is 1.09 bits per heavy atom. The molecule has 7 nitrogen and oxygen atoms in total. The fourth-order valence-corrected chi connectivity index (χ4v) is 4.44. The van der Waals surface area contributed by atoms with Crippen LogP contribution in [0.5, 0.6) is 5.75 Å². The quantitative estimate of drug-likeness (QED) is 0.369. The SMILES string of the molecule is CCOc1ccccc1-c1noc(Cn2cnc3scc(-c4ccc(C)cc4)c3c2=O)n1. The van der Waals surface area contributed by atoms with E-state index in [2.05, 4.69) is 15.1 Å². The summed E-state index contributed by atoms with van der Waals surface area (Å²) in [6, 6.07) is 15.6. The normalized spacial score (nSPS) is 11.2. The zero-order chi connectivity index (χ0) is 22.1. The predicted molar refractivity (Wildman–Crippen MR) is 124 cm³/mol. The number of ether oxygens (including phenoxy) is 1. The minimum Gasteiger partial charge on any atom is -0.493 e. The van der Waals surface area contributed by atoms with Gasteiger partial charge in [0.1, 0.15) is 17.1 Å². The molecule has 0 fully saturated rings. The van der Waals surface area contributed by atoms with Crippen molar-refractivity contribution in [3.8, 4) is 28.3 Å². The van der Waals surface area contributed by atoms with Crippen LogP contribution in [0.4, 0.5) is 0 Å². The molecule has 0 radical (unpaired) electrons. The number of fused-ring (bicyclic) bond motifs is 1. The Morgan fingerprint density at radius 3 is 2.72 bits per heavy atom. The number of hydrogen-bond donors (Lipinski definition) is 0. The smallest absolute Gasteiger partial charge is 0.263 e. The van der Waals surface area contributed by atoms with Crippen LogP contribution in [0, 0.1) is 6.92 Å². The average Bonchev–Trinajstić information content (AvgIpc) is 3.45. The first-order chi connectivity index (χ1) is 15.6. The van der Waals surface area contributed by atoms with Crippen LogP contribution in [0.1, 0.15) is 18.4 Å². The van der Waals surface area contributed by atoms with Gasteiger partial charge in [0.05, 0.1) is 23.9 Å². The lowest BCUT2D eigenvalue weighted by molar-refractivity contribution is 0.340. The molecule has 0 atom stereocenters. The highest BCUT2D eigenvalue weighted by Crippen LogP contribution is 2.31. The van der Waals surface area contributed by atoms with E-state index in [1.54, 1.807) is 0 Å². The van der Waals surface area contributed by atoms with Crippen molar-refractivity contribution in [3.63, 3.8) is 0 Å². The van der Waals surface area contributed by atoms with Gasteiger partial charge in [0, 0.05) is 10.9 Å². The zero-order valence-electron chi connectivity index (χ0n) is 17.6. The second-order valence-corrected chi connectivity index (χ2v) is 8.17. The molecule has 0 saturated carbocycles. The van der Waals surface area contributed by atoms with E-state index in [-0.39, 0.29) is 12.1 Å². The third kappa shape index (κ3) is 3.69. The Kier molecular flexibility index (Phi) is 5.28. The van der Waals surface area contributed by atoms with Crippen LogP contribution in [-0.4, -0.2) is 26.3 Å². The molecule has 2 aromatic carbocycles. The van der Waals surface area contributed by atoms with E-state index in [9.17, 15) is 4.79 Å². The summed E-state index contributed by atoms with van der Waals surface area (Å²) in [5.74, 6) is 1.42. The first-order valence-electron chi connectivity index (χ1n) is 10.2. The summed E-state index contributed by atoms with van der Waals surface area (Å²) in [5.41, 5.74) is 3.65. The molecule has 0 bridgehead atoms. The molecule has 0 amide bonds. The van der Waals surface area contributed by atoms with Gasteiger partial charge in [-0.25, -0.2) is 4.98 Å². The Bertz CT molecular complexity index is 1450. The second-order valence-electron chi connectivity index (χ2n) is 7.31. The van der Waals surface area contributed by atoms with Crippen molar-refractivity contribution in [2.45, 2.75) is 20.4 Å². The maximum Gasteiger partial charge on any atom is 0.263 e. The van der Waals surface area contributed by atoms with Crippen LogP contribution in [-0.2, 0) is 6.54 Å². The highest BCUT2D eigenvalue weighted by Gasteiger charge is 2.17. The fourth-order valence-electron chi connectivity index (χ4n) is 3.53. The van der Waals surface area contributed by atoms with Crippen molar-refractivity contribution in [3.05, 3.63) is 82.0 Å². The van der Waals surface area contributed by atoms with Crippen LogP contribution >= 0.6 is 11.3 Å². The lowest BCUT2D eigenvalue weighted by atomic mass is 10.1. The summed E-state index contributed by atoms with van der Waals surface area (Å²) in [4.78, 5) is 23.0. The summed E-state index contributed by atoms with van der Waals surface area (Å²) in [5, 5.41) is 6.66. The molecule has 3 heterocycles. The Hall–Kier alpha value is -3.78. The number of hydrogen-bond acceptors (Lipinski definition) is 7. The minimum atomic E-state index is -0.138. The standard InChI is InChI=1S/C24H20N4O3S/c1-3-30-19-7-5-4-6-17(19)22-26-20(31-27-22)12-28-14-25-23-21(24(28)29)18(13-32-23)16-10-8-15(2)9-11-16/h4-11,13-14H,3,12H2,1-2H3. The van der Waals surface area contributed by atoms with Crippen molar-refractivity contribution in [1.82, 2.24) is 19.7 Å². The topological polar surface area (TPSA) is 83.0 Å². The number of rotatable bonds is 6. The van der Waals surface area contributed by atoms with Crippen molar-refractivity contribution >= 4 is 21.6 Å². The summed E-state index contributed by atoms with van der Waals surface area (Å²) < 4.78 is 12.6. The van der Waals surface area contributed by atoms with E-state index in [0.29, 0.717) is 34.3 Å². The average molecular weight is 445 g/mol. The van der Waals surface area contributed by atoms with Gasteiger partial charge in [0.15, 0.2) is 0 Å². The molecule has 160 valence electrons. The molecule has 0 unspecified atom stereocenters. The van der Waals surface area contributed by atoms with Gasteiger partial charge in [-0.3, -0.25) is 9.36 Å². The third-order valence-electron chi connectivity index (χ3n) is 5.12. The van der Waals surface area contributed by atoms with E-state index in [1.807, 2.05) is 67.8 Å². The summed E-state index contributed by atoms with van der Waals surface area (Å²) >= 11 is 1.46. The van der Waals surface area contributed by atoms with Crippen molar-refractivity contribution < 1.29 is 9.26 Å². The van der Waals surface area contributed by atoms with Crippen LogP contribution in [0.2, 0.25) is 0 Å². The highest BCUT2D eigenvalue weighted by atomic mass is 32.1. The predicted octanol–water partition coefficient (Wildman–Crippen LogP) is 4.93. The van der Waals surface area contributed by atoms with Gasteiger partial charge in [-0.1, -0.05) is 47.1 Å². The Morgan fingerprint density at radius 2 is 1.91 bits per heavy atom. The molecule has 8 heteroatoms. The first-order valence-corrected chi connectivity index (χ1v) is 11.1. The monoisotopic (exact) mass is 444 g/mol. The number of nitrogens with zero attached hydrogens (tertiary/aromatic N) is 4. The lowest BCUT2D eigenvalue weighted by Gasteiger charge is -2.06. The van der Waals surface area contributed by atoms with Crippen LogP contribution < -0.4 is 10.3 Å². The van der Waals surface area contributed by atoms with E-state index in [1.165, 1.54) is 27.8 Å². The number of aromatic nitrogens is 4. The van der Waals surface area contributed by atoms with Gasteiger partial charge in [0.25, 0.3) is 5.56 Å². The van der Waals surface area contributed by atoms with E-state index < -0.39 is 0 Å². The first kappa shape index (κ1) is 20.1. The molecule has 0 aliphatic heterocycles. The molecular weight excluding hydrogens is 424 g/mol. The van der Waals surface area contributed by atoms with Crippen molar-refractivity contribution in [2.75, 3.05) is 6.61 Å². The van der Waals surface area contributed by atoms with Crippen molar-refractivity contribution in [2.24, 2.45) is 0 Å². The number of thiophene rings is 1. The number of para-hydroxylation sites is 1. The van der Waals surface area contributed by atoms with Gasteiger partial charge in [0.2, 0.25) is 11.7 Å². The number of aryl methyl sites for hydroxylation is 1. The van der Waals surface area contributed by atoms with E-state index in [0.717, 1.165) is 16.7 Å². The molecule has 3 aromatic heterocycles. The zero-order valence-corrected chi connectivity index (χ0v) is 18.4. The van der Waals surface area contributed by atoms with E-state index >= 15 is 0 Å². The van der Waals surface area contributed by atoms with Crippen LogP contribution in [0.15, 0.2) is 69.6 Å². The Balaban J connectivity index is 1.49. The summed E-state index contributed by atoms with van der Waals surface area (Å²) in [6.45, 7) is 4.63.